The number of pyridine rings is 1. The number of rotatable bonds is 15. The first-order valence-electron chi connectivity index (χ1n) is 15.5. The Morgan fingerprint density at radius 1 is 0.837 bits per heavy atom. The van der Waals surface area contributed by atoms with Gasteiger partial charge in [-0.25, -0.2) is 9.78 Å². The zero-order valence-electron chi connectivity index (χ0n) is 26.8. The van der Waals surface area contributed by atoms with Gasteiger partial charge in [0.15, 0.2) is 12.7 Å². The lowest BCUT2D eigenvalue weighted by Gasteiger charge is -2.18. The Morgan fingerprint density at radius 2 is 1.41 bits per heavy atom. The van der Waals surface area contributed by atoms with Crippen LogP contribution in [0.5, 0.6) is 5.88 Å². The molecule has 12 heteroatoms. The highest BCUT2D eigenvalue weighted by Crippen LogP contribution is 2.36. The maximum Gasteiger partial charge on any atom is 0.329 e. The van der Waals surface area contributed by atoms with Crippen molar-refractivity contribution in [1.82, 2.24) is 14.9 Å². The van der Waals surface area contributed by atoms with Crippen molar-refractivity contribution < 1.29 is 38.5 Å². The van der Waals surface area contributed by atoms with E-state index in [0.29, 0.717) is 23.1 Å². The van der Waals surface area contributed by atoms with Crippen LogP contribution in [0.15, 0.2) is 103 Å². The summed E-state index contributed by atoms with van der Waals surface area (Å²) in [5.41, 5.74) is 9.29. The number of fused-ring (bicyclic) bond motifs is 1. The van der Waals surface area contributed by atoms with Crippen LogP contribution < -0.4 is 15.8 Å². The zero-order chi connectivity index (χ0) is 34.8. The minimum Gasteiger partial charge on any atom is -0.467 e. The summed E-state index contributed by atoms with van der Waals surface area (Å²) in [6.07, 6.45) is -0.689. The number of hydrogen-bond donors (Lipinski definition) is 3. The fourth-order valence-electron chi connectivity index (χ4n) is 5.33. The highest BCUT2D eigenvalue weighted by Gasteiger charge is 2.29. The Hall–Kier alpha value is -6.01. The minimum absolute atomic E-state index is 0.0129. The summed E-state index contributed by atoms with van der Waals surface area (Å²) < 4.78 is 18.5. The number of ether oxygens (including phenoxy) is 3. The van der Waals surface area contributed by atoms with Crippen LogP contribution in [-0.4, -0.2) is 51.1 Å². The van der Waals surface area contributed by atoms with Gasteiger partial charge in [-0.05, 0) is 29.7 Å². The first-order chi connectivity index (χ1) is 23.7. The number of nitrogens with two attached hydrogens (primary N) is 1. The number of nitrogens with one attached hydrogen (secondary N) is 1. The average molecular weight is 665 g/mol. The molecule has 0 spiro atoms. The van der Waals surface area contributed by atoms with Gasteiger partial charge in [-0.15, -0.1) is 0 Å². The number of nitrogens with zero attached hydrogens (tertiary/aromatic N) is 2. The molecule has 0 saturated heterocycles. The van der Waals surface area contributed by atoms with E-state index in [-0.39, 0.29) is 24.7 Å². The lowest BCUT2D eigenvalue weighted by Crippen LogP contribution is -2.45. The van der Waals surface area contributed by atoms with Crippen LogP contribution in [0.4, 0.5) is 0 Å². The summed E-state index contributed by atoms with van der Waals surface area (Å²) in [5.74, 6) is -3.32. The second-order valence-electron chi connectivity index (χ2n) is 11.2. The fraction of sp³-hybridized carbons (Fsp3) is 0.216. The molecule has 0 fully saturated rings. The molecule has 49 heavy (non-hydrogen) atoms. The molecule has 3 aromatic carbocycles. The largest absolute Gasteiger partial charge is 0.467 e. The molecule has 5 aromatic rings. The smallest absolute Gasteiger partial charge is 0.329 e. The van der Waals surface area contributed by atoms with Gasteiger partial charge in [-0.3, -0.25) is 14.4 Å². The number of esters is 2. The maximum absolute atomic E-state index is 13.2. The number of hydrogen-bond acceptors (Lipinski definition) is 9. The quantitative estimate of drug-likeness (QED) is 0.141. The molecule has 0 aliphatic heterocycles. The molecule has 4 N–H and O–H groups in total. The van der Waals surface area contributed by atoms with Crippen LogP contribution in [0, 0.1) is 6.92 Å². The summed E-state index contributed by atoms with van der Waals surface area (Å²) in [4.78, 5) is 55.5. The number of carbonyl (C=O) groups is 4. The Labute approximate surface area is 282 Å². The van der Waals surface area contributed by atoms with E-state index in [2.05, 4.69) is 10.3 Å². The Balaban J connectivity index is 1.33. The van der Waals surface area contributed by atoms with Crippen LogP contribution >= 0.6 is 0 Å². The van der Waals surface area contributed by atoms with Gasteiger partial charge >= 0.3 is 11.9 Å². The minimum atomic E-state index is -1.68. The summed E-state index contributed by atoms with van der Waals surface area (Å²) >= 11 is 0. The van der Waals surface area contributed by atoms with Gasteiger partial charge in [0.25, 0.3) is 11.8 Å². The molecule has 0 bridgehead atoms. The highest BCUT2D eigenvalue weighted by molar-refractivity contribution is 5.95. The summed E-state index contributed by atoms with van der Waals surface area (Å²) in [6.45, 7) is 1.44. The van der Waals surface area contributed by atoms with Gasteiger partial charge in [0, 0.05) is 24.0 Å². The molecule has 2 atom stereocenters. The maximum atomic E-state index is 13.2. The predicted octanol–water partition coefficient (Wildman–Crippen LogP) is 3.65. The van der Waals surface area contributed by atoms with E-state index in [1.54, 1.807) is 61.5 Å². The van der Waals surface area contributed by atoms with Crippen molar-refractivity contribution >= 4 is 34.7 Å². The monoisotopic (exact) mass is 664 g/mol. The first-order valence-corrected chi connectivity index (χ1v) is 15.5. The predicted molar refractivity (Wildman–Crippen MR) is 179 cm³/mol. The normalized spacial score (nSPS) is 12.1. The van der Waals surface area contributed by atoms with Crippen molar-refractivity contribution in [3.8, 4) is 5.88 Å². The van der Waals surface area contributed by atoms with Crippen molar-refractivity contribution in [3.05, 3.63) is 131 Å². The lowest BCUT2D eigenvalue weighted by molar-refractivity contribution is -0.155. The summed E-state index contributed by atoms with van der Waals surface area (Å²) in [5, 5.41) is 13.6. The molecule has 2 amide bonds. The lowest BCUT2D eigenvalue weighted by atomic mass is 10.1. The number of aromatic nitrogens is 2. The van der Waals surface area contributed by atoms with E-state index in [0.717, 1.165) is 16.7 Å². The van der Waals surface area contributed by atoms with E-state index in [4.69, 9.17) is 19.9 Å². The Kier molecular flexibility index (Phi) is 11.4. The van der Waals surface area contributed by atoms with E-state index in [9.17, 15) is 24.3 Å². The SMILES string of the molecule is Cc1c(C(O)C(N)=O)c2c(OCC(=O)NC(CC(=O)OCc3ccccc3)C(=O)OCc3ccccc3)nccc2n1Cc1ccccc1. The number of primary amides is 1. The van der Waals surface area contributed by atoms with Crippen molar-refractivity contribution in [2.24, 2.45) is 5.73 Å². The third-order valence-corrected chi connectivity index (χ3v) is 7.77. The van der Waals surface area contributed by atoms with Crippen molar-refractivity contribution in [1.29, 1.82) is 0 Å². The Morgan fingerprint density at radius 3 is 2.00 bits per heavy atom. The second kappa shape index (κ2) is 16.2. The third kappa shape index (κ3) is 8.87. The van der Waals surface area contributed by atoms with E-state index >= 15 is 0 Å². The topological polar surface area (TPSA) is 172 Å². The number of amides is 2. The average Bonchev–Trinajstić information content (AvgIpc) is 3.40. The number of aliphatic hydroxyl groups excluding tert-OH is 1. The van der Waals surface area contributed by atoms with Gasteiger partial charge in [-0.2, -0.15) is 0 Å². The molecule has 0 radical (unpaired) electrons. The van der Waals surface area contributed by atoms with Gasteiger partial charge < -0.3 is 34.9 Å². The summed E-state index contributed by atoms with van der Waals surface area (Å²) in [7, 11) is 0. The molecule has 2 aromatic heterocycles. The number of benzene rings is 3. The van der Waals surface area contributed by atoms with Gasteiger partial charge in [0.05, 0.1) is 17.3 Å². The van der Waals surface area contributed by atoms with Crippen molar-refractivity contribution in [3.63, 3.8) is 0 Å². The van der Waals surface area contributed by atoms with Gasteiger partial charge in [-0.1, -0.05) is 91.0 Å². The fourth-order valence-corrected chi connectivity index (χ4v) is 5.33. The van der Waals surface area contributed by atoms with Crippen LogP contribution in [0.3, 0.4) is 0 Å². The van der Waals surface area contributed by atoms with Crippen molar-refractivity contribution in [2.75, 3.05) is 6.61 Å². The van der Waals surface area contributed by atoms with Crippen LogP contribution in [0.25, 0.3) is 10.9 Å². The van der Waals surface area contributed by atoms with Crippen LogP contribution in [-0.2, 0) is 48.4 Å². The van der Waals surface area contributed by atoms with E-state index in [1.807, 2.05) is 47.0 Å². The number of aliphatic hydroxyl groups is 1. The molecule has 2 heterocycles. The molecule has 5 rings (SSSR count). The first kappa shape index (κ1) is 34.3. The number of carbonyl (C=O) groups excluding carboxylic acids is 4. The van der Waals surface area contributed by atoms with Crippen molar-refractivity contribution in [2.45, 2.75) is 45.2 Å². The molecular weight excluding hydrogens is 628 g/mol. The molecular formula is C37H36N4O8. The highest BCUT2D eigenvalue weighted by atomic mass is 16.5. The van der Waals surface area contributed by atoms with E-state index in [1.165, 1.54) is 6.20 Å². The van der Waals surface area contributed by atoms with Gasteiger partial charge in [0.2, 0.25) is 5.88 Å². The van der Waals surface area contributed by atoms with Crippen LogP contribution in [0.2, 0.25) is 0 Å². The standard InChI is InChI=1S/C37H36N4O8/c1-24-32(34(44)35(38)45)33-29(41(24)20-25-11-5-2-6-12-25)17-18-39-36(33)48-23-30(42)40-28(37(46)49-22-27-15-9-4-10-16-27)19-31(43)47-21-26-13-7-3-8-14-26/h2-18,28,34,44H,19-23H2,1H3,(H2,38,45)(H,40,42). The third-order valence-electron chi connectivity index (χ3n) is 7.77. The molecule has 0 aliphatic rings. The summed E-state index contributed by atoms with van der Waals surface area (Å²) in [6, 6.07) is 27.9. The molecule has 2 unspecified atom stereocenters. The second-order valence-corrected chi connectivity index (χ2v) is 11.2. The molecule has 0 aliphatic carbocycles. The van der Waals surface area contributed by atoms with Gasteiger partial charge in [0.1, 0.15) is 19.3 Å². The zero-order valence-corrected chi connectivity index (χ0v) is 26.8. The molecule has 252 valence electrons. The molecule has 0 saturated carbocycles. The molecule has 12 nitrogen and oxygen atoms in total. The van der Waals surface area contributed by atoms with Crippen LogP contribution in [0.1, 0.15) is 40.5 Å². The van der Waals surface area contributed by atoms with E-state index < -0.39 is 48.9 Å². The Bertz CT molecular complexity index is 1910.